The average molecular weight is 235 g/mol. The molecule has 0 N–H and O–H groups in total. The number of hydrogen-bond donors (Lipinski definition) is 0. The van der Waals surface area contributed by atoms with Crippen LogP contribution in [0.3, 0.4) is 0 Å². The smallest absolute Gasteiger partial charge is 0.258 e. The van der Waals surface area contributed by atoms with E-state index in [2.05, 4.69) is 13.8 Å². The van der Waals surface area contributed by atoms with Crippen molar-refractivity contribution < 1.29 is 4.92 Å². The van der Waals surface area contributed by atoms with E-state index in [1.165, 1.54) is 31.2 Å². The van der Waals surface area contributed by atoms with Crippen LogP contribution in [0, 0.1) is 10.1 Å². The first-order valence-corrected chi connectivity index (χ1v) is 6.39. The molecule has 0 aliphatic heterocycles. The summed E-state index contributed by atoms with van der Waals surface area (Å²) in [4.78, 5) is 10.2. The van der Waals surface area contributed by atoms with Crippen LogP contribution >= 0.6 is 0 Å². The Hall–Kier alpha value is -1.38. The van der Waals surface area contributed by atoms with Gasteiger partial charge in [-0.05, 0) is 17.9 Å². The highest BCUT2D eigenvalue weighted by Crippen LogP contribution is 2.24. The number of benzene rings is 1. The summed E-state index contributed by atoms with van der Waals surface area (Å²) < 4.78 is 0. The summed E-state index contributed by atoms with van der Waals surface area (Å²) in [5, 5.41) is 10.5. The van der Waals surface area contributed by atoms with E-state index in [4.69, 9.17) is 0 Å². The van der Waals surface area contributed by atoms with Gasteiger partial charge in [0.2, 0.25) is 0 Å². The summed E-state index contributed by atoms with van der Waals surface area (Å²) in [5.41, 5.74) is 1.37. The zero-order chi connectivity index (χ0) is 12.7. The minimum Gasteiger partial charge on any atom is -0.258 e. The molecule has 3 heteroatoms. The summed E-state index contributed by atoms with van der Waals surface area (Å²) in [6.07, 6.45) is 6.25. The average Bonchev–Trinajstić information content (AvgIpc) is 2.34. The van der Waals surface area contributed by atoms with Crippen LogP contribution in [0.5, 0.6) is 0 Å². The fraction of sp³-hybridized carbons (Fsp3) is 0.571. The van der Waals surface area contributed by atoms with Crippen LogP contribution in [0.1, 0.15) is 57.4 Å². The molecule has 1 rings (SSSR count). The van der Waals surface area contributed by atoms with Crippen molar-refractivity contribution in [2.75, 3.05) is 0 Å². The van der Waals surface area contributed by atoms with Crippen molar-refractivity contribution in [3.05, 3.63) is 39.9 Å². The van der Waals surface area contributed by atoms with Crippen LogP contribution in [-0.4, -0.2) is 4.92 Å². The first kappa shape index (κ1) is 13.7. The van der Waals surface area contributed by atoms with Crippen molar-refractivity contribution in [1.82, 2.24) is 0 Å². The molecule has 0 heterocycles. The highest BCUT2D eigenvalue weighted by Gasteiger charge is 2.08. The SMILES string of the molecule is CCCCCCC(C)c1ccc([N+](=O)[O-])cc1. The minimum absolute atomic E-state index is 0.173. The van der Waals surface area contributed by atoms with E-state index in [1.807, 2.05) is 12.1 Å². The van der Waals surface area contributed by atoms with E-state index in [1.54, 1.807) is 12.1 Å². The molecular formula is C14H21NO2. The predicted octanol–water partition coefficient (Wildman–Crippen LogP) is 4.67. The Labute approximate surface area is 103 Å². The molecule has 0 saturated heterocycles. The maximum absolute atomic E-state index is 10.5. The van der Waals surface area contributed by atoms with Gasteiger partial charge in [-0.3, -0.25) is 10.1 Å². The van der Waals surface area contributed by atoms with Crippen LogP contribution in [-0.2, 0) is 0 Å². The van der Waals surface area contributed by atoms with Crippen LogP contribution in [0.25, 0.3) is 0 Å². The molecule has 0 aliphatic rings. The summed E-state index contributed by atoms with van der Waals surface area (Å²) in [6, 6.07) is 6.95. The Kier molecular flexibility index (Phi) is 5.67. The molecule has 0 aliphatic carbocycles. The zero-order valence-corrected chi connectivity index (χ0v) is 10.7. The molecule has 0 spiro atoms. The Balaban J connectivity index is 2.46. The first-order chi connectivity index (χ1) is 8.15. The number of nitro groups is 1. The van der Waals surface area contributed by atoms with Crippen LogP contribution < -0.4 is 0 Å². The molecule has 1 unspecified atom stereocenters. The van der Waals surface area contributed by atoms with Crippen LogP contribution in [0.15, 0.2) is 24.3 Å². The fourth-order valence-electron chi connectivity index (χ4n) is 1.97. The third-order valence-corrected chi connectivity index (χ3v) is 3.16. The van der Waals surface area contributed by atoms with Gasteiger partial charge in [0.15, 0.2) is 0 Å². The van der Waals surface area contributed by atoms with Crippen LogP contribution in [0.2, 0.25) is 0 Å². The summed E-state index contributed by atoms with van der Waals surface area (Å²) in [6.45, 7) is 4.40. The van der Waals surface area contributed by atoms with Gasteiger partial charge in [0.05, 0.1) is 4.92 Å². The normalized spacial score (nSPS) is 12.4. The van der Waals surface area contributed by atoms with E-state index < -0.39 is 0 Å². The lowest BCUT2D eigenvalue weighted by molar-refractivity contribution is -0.384. The third-order valence-electron chi connectivity index (χ3n) is 3.16. The molecule has 17 heavy (non-hydrogen) atoms. The molecule has 1 aromatic carbocycles. The van der Waals surface area contributed by atoms with Gasteiger partial charge < -0.3 is 0 Å². The highest BCUT2D eigenvalue weighted by molar-refractivity contribution is 5.34. The van der Waals surface area contributed by atoms with E-state index in [0.29, 0.717) is 5.92 Å². The molecule has 0 bridgehead atoms. The zero-order valence-electron chi connectivity index (χ0n) is 10.7. The van der Waals surface area contributed by atoms with Gasteiger partial charge in [0.25, 0.3) is 5.69 Å². The highest BCUT2D eigenvalue weighted by atomic mass is 16.6. The Bertz CT molecular complexity index is 346. The monoisotopic (exact) mass is 235 g/mol. The van der Waals surface area contributed by atoms with Crippen molar-refractivity contribution in [3.8, 4) is 0 Å². The largest absolute Gasteiger partial charge is 0.269 e. The molecule has 0 saturated carbocycles. The van der Waals surface area contributed by atoms with Gasteiger partial charge in [-0.25, -0.2) is 0 Å². The Morgan fingerprint density at radius 1 is 1.18 bits per heavy atom. The van der Waals surface area contributed by atoms with E-state index in [-0.39, 0.29) is 10.6 Å². The number of unbranched alkanes of at least 4 members (excludes halogenated alkanes) is 3. The lowest BCUT2D eigenvalue weighted by Gasteiger charge is -2.11. The molecule has 3 nitrogen and oxygen atoms in total. The lowest BCUT2D eigenvalue weighted by Crippen LogP contribution is -1.95. The maximum atomic E-state index is 10.5. The van der Waals surface area contributed by atoms with Crippen molar-refractivity contribution in [2.45, 2.75) is 51.9 Å². The number of hydrogen-bond acceptors (Lipinski definition) is 2. The van der Waals surface area contributed by atoms with Crippen molar-refractivity contribution in [2.24, 2.45) is 0 Å². The summed E-state index contributed by atoms with van der Waals surface area (Å²) >= 11 is 0. The molecule has 94 valence electrons. The number of rotatable bonds is 7. The van der Waals surface area contributed by atoms with Crippen molar-refractivity contribution in [3.63, 3.8) is 0 Å². The number of nitrogens with zero attached hydrogens (tertiary/aromatic N) is 1. The lowest BCUT2D eigenvalue weighted by atomic mass is 9.95. The van der Waals surface area contributed by atoms with Gasteiger partial charge in [-0.1, -0.05) is 51.7 Å². The fourth-order valence-corrected chi connectivity index (χ4v) is 1.97. The molecule has 0 fully saturated rings. The number of nitro benzene ring substituents is 1. The van der Waals surface area contributed by atoms with E-state index >= 15 is 0 Å². The molecule has 0 aromatic heterocycles. The topological polar surface area (TPSA) is 43.1 Å². The van der Waals surface area contributed by atoms with E-state index in [0.717, 1.165) is 6.42 Å². The van der Waals surface area contributed by atoms with Gasteiger partial charge in [-0.2, -0.15) is 0 Å². The first-order valence-electron chi connectivity index (χ1n) is 6.39. The van der Waals surface area contributed by atoms with Crippen molar-refractivity contribution in [1.29, 1.82) is 0 Å². The molecule has 0 amide bonds. The summed E-state index contributed by atoms with van der Waals surface area (Å²) in [7, 11) is 0. The molecule has 0 radical (unpaired) electrons. The second kappa shape index (κ2) is 7.05. The van der Waals surface area contributed by atoms with Gasteiger partial charge >= 0.3 is 0 Å². The van der Waals surface area contributed by atoms with E-state index in [9.17, 15) is 10.1 Å². The van der Waals surface area contributed by atoms with Gasteiger partial charge in [0, 0.05) is 12.1 Å². The maximum Gasteiger partial charge on any atom is 0.269 e. The Morgan fingerprint density at radius 2 is 1.82 bits per heavy atom. The third kappa shape index (κ3) is 4.55. The van der Waals surface area contributed by atoms with Crippen LogP contribution in [0.4, 0.5) is 5.69 Å². The second-order valence-corrected chi connectivity index (χ2v) is 4.60. The Morgan fingerprint density at radius 3 is 2.35 bits per heavy atom. The quantitative estimate of drug-likeness (QED) is 0.391. The van der Waals surface area contributed by atoms with Gasteiger partial charge in [-0.15, -0.1) is 0 Å². The summed E-state index contributed by atoms with van der Waals surface area (Å²) in [5.74, 6) is 0.493. The molecular weight excluding hydrogens is 214 g/mol. The van der Waals surface area contributed by atoms with Crippen molar-refractivity contribution >= 4 is 5.69 Å². The number of non-ortho nitro benzene ring substituents is 1. The molecule has 1 aromatic rings. The second-order valence-electron chi connectivity index (χ2n) is 4.60. The predicted molar refractivity (Wildman–Crippen MR) is 70.3 cm³/mol. The standard InChI is InChI=1S/C14H21NO2/c1-3-4-5-6-7-12(2)13-8-10-14(11-9-13)15(16)17/h8-12H,3-7H2,1-2H3. The molecule has 1 atom stereocenters. The van der Waals surface area contributed by atoms with Gasteiger partial charge in [0.1, 0.15) is 0 Å². The minimum atomic E-state index is -0.351.